The zero-order valence-corrected chi connectivity index (χ0v) is 13.6. The fourth-order valence-corrected chi connectivity index (χ4v) is 2.13. The molecule has 1 rings (SSSR count). The van der Waals surface area contributed by atoms with Crippen molar-refractivity contribution in [1.29, 1.82) is 0 Å². The van der Waals surface area contributed by atoms with Gasteiger partial charge in [-0.1, -0.05) is 20.8 Å². The maximum Gasteiger partial charge on any atom is 0.340 e. The van der Waals surface area contributed by atoms with Crippen LogP contribution in [0.4, 0.5) is 5.69 Å². The third kappa shape index (κ3) is 3.93. The Kier molecular flexibility index (Phi) is 4.54. The van der Waals surface area contributed by atoms with Gasteiger partial charge in [0, 0.05) is 12.1 Å². The molecule has 0 amide bonds. The number of carbonyl (C=O) groups is 1. The first-order valence-electron chi connectivity index (χ1n) is 6.38. The Balaban J connectivity index is 2.86. The summed E-state index contributed by atoms with van der Waals surface area (Å²) in [5.41, 5.74) is 1.35. The van der Waals surface area contributed by atoms with Crippen molar-refractivity contribution in [3.05, 3.63) is 34.7 Å². The first kappa shape index (κ1) is 15.5. The fourth-order valence-electron chi connectivity index (χ4n) is 1.24. The Morgan fingerprint density at radius 1 is 1.21 bits per heavy atom. The van der Waals surface area contributed by atoms with Crippen molar-refractivity contribution in [2.24, 2.45) is 0 Å². The molecule has 3 nitrogen and oxygen atoms in total. The van der Waals surface area contributed by atoms with Gasteiger partial charge in [-0.05, 0) is 35.1 Å². The Hall–Kier alpha value is -1.60. The van der Waals surface area contributed by atoms with E-state index in [1.807, 2.05) is 0 Å². The summed E-state index contributed by atoms with van der Waals surface area (Å²) in [7, 11) is -2.06. The summed E-state index contributed by atoms with van der Waals surface area (Å²) in [4.78, 5) is 16.2. The second-order valence-corrected chi connectivity index (χ2v) is 10.8. The van der Waals surface area contributed by atoms with E-state index in [0.29, 0.717) is 5.56 Å². The van der Waals surface area contributed by atoms with E-state index in [1.54, 1.807) is 31.2 Å². The summed E-state index contributed by atoms with van der Waals surface area (Å²) in [5.74, 6) is -0.248. The van der Waals surface area contributed by atoms with Crippen molar-refractivity contribution < 1.29 is 9.22 Å². The first-order valence-corrected chi connectivity index (χ1v) is 9.29. The second kappa shape index (κ2) is 5.58. The first-order chi connectivity index (χ1) is 8.67. The van der Waals surface area contributed by atoms with E-state index in [4.69, 9.17) is 4.43 Å². The largest absolute Gasteiger partial charge is 0.516 e. The van der Waals surface area contributed by atoms with E-state index in [0.717, 1.165) is 5.69 Å². The molecular weight excluding hydrogens is 254 g/mol. The lowest BCUT2D eigenvalue weighted by Gasteiger charge is -2.35. The van der Waals surface area contributed by atoms with E-state index < -0.39 is 8.32 Å². The van der Waals surface area contributed by atoms with Crippen molar-refractivity contribution in [2.75, 3.05) is 0 Å². The van der Waals surface area contributed by atoms with Crippen LogP contribution < -0.4 is 0 Å². The van der Waals surface area contributed by atoms with E-state index in [-0.39, 0.29) is 11.0 Å². The van der Waals surface area contributed by atoms with Crippen LogP contribution in [0.5, 0.6) is 0 Å². The van der Waals surface area contributed by atoms with Gasteiger partial charge in [0.1, 0.15) is 0 Å². The average Bonchev–Trinajstić information content (AvgIpc) is 2.28. The average molecular weight is 276 g/mol. The topological polar surface area (TPSA) is 30.7 Å². The summed E-state index contributed by atoms with van der Waals surface area (Å²) in [6, 6.07) is 9.77. The van der Waals surface area contributed by atoms with Gasteiger partial charge in [0.25, 0.3) is 14.4 Å². The van der Waals surface area contributed by atoms with Crippen LogP contribution in [0.1, 0.15) is 38.1 Å². The number of rotatable bonds is 2. The van der Waals surface area contributed by atoms with E-state index in [2.05, 4.69) is 44.8 Å². The van der Waals surface area contributed by atoms with Gasteiger partial charge in [0.05, 0.1) is 12.5 Å². The maximum atomic E-state index is 12.1. The molecule has 0 aliphatic heterocycles. The summed E-state index contributed by atoms with van der Waals surface area (Å²) in [6.07, 6.45) is 0. The lowest BCUT2D eigenvalue weighted by molar-refractivity contribution is 0.0712. The molecule has 102 valence electrons. The molecule has 0 aliphatic rings. The van der Waals surface area contributed by atoms with Crippen LogP contribution in [0.2, 0.25) is 18.1 Å². The molecule has 0 heterocycles. The molecule has 0 aliphatic carbocycles. The predicted molar refractivity (Wildman–Crippen MR) is 81.6 cm³/mol. The van der Waals surface area contributed by atoms with Gasteiger partial charge in [-0.3, -0.25) is 0 Å². The van der Waals surface area contributed by atoms with E-state index >= 15 is 0 Å². The molecule has 0 fully saturated rings. The smallest absolute Gasteiger partial charge is 0.340 e. The molecule has 19 heavy (non-hydrogen) atoms. The lowest BCUT2D eigenvalue weighted by atomic mass is 10.2. The van der Waals surface area contributed by atoms with Crippen LogP contribution in [0.25, 0.3) is 4.85 Å². The summed E-state index contributed by atoms with van der Waals surface area (Å²) in [6.45, 7) is 12.2. The minimum atomic E-state index is -2.06. The van der Waals surface area contributed by atoms with E-state index in [1.165, 1.54) is 0 Å². The van der Waals surface area contributed by atoms with Gasteiger partial charge >= 0.3 is 11.7 Å². The second-order valence-electron chi connectivity index (χ2n) is 6.03. The maximum absolute atomic E-state index is 12.1. The third-order valence-electron chi connectivity index (χ3n) is 3.50. The molecule has 0 saturated carbocycles. The highest BCUT2D eigenvalue weighted by Gasteiger charge is 2.40. The number of hydrogen-bond acceptors (Lipinski definition) is 2. The fraction of sp³-hybridized carbons (Fsp3) is 0.467. The number of benzene rings is 1. The molecule has 1 aromatic carbocycles. The molecule has 0 saturated heterocycles. The summed E-state index contributed by atoms with van der Waals surface area (Å²) in [5, 5.41) is 0.0179. The molecule has 0 atom stereocenters. The van der Waals surface area contributed by atoms with Crippen molar-refractivity contribution >= 4 is 20.0 Å². The molecule has 0 unspecified atom stereocenters. The lowest BCUT2D eigenvalue weighted by Crippen LogP contribution is -2.42. The van der Waals surface area contributed by atoms with Gasteiger partial charge in [-0.2, -0.15) is 0 Å². The highest BCUT2D eigenvalue weighted by atomic mass is 28.4. The van der Waals surface area contributed by atoms with Crippen molar-refractivity contribution in [3.63, 3.8) is 0 Å². The summed E-state index contributed by atoms with van der Waals surface area (Å²) < 4.78 is 5.74. The number of nitrogens with zero attached hydrogens (tertiary/aromatic N) is 1. The minimum absolute atomic E-state index is 0.0179. The van der Waals surface area contributed by atoms with Crippen molar-refractivity contribution in [3.8, 4) is 6.07 Å². The van der Waals surface area contributed by atoms with Gasteiger partial charge < -0.3 is 4.43 Å². The van der Waals surface area contributed by atoms with Gasteiger partial charge in [-0.25, -0.2) is 4.79 Å². The molecule has 4 heteroatoms. The molecule has 1 aromatic rings. The zero-order chi connectivity index (χ0) is 14.7. The van der Waals surface area contributed by atoms with Crippen LogP contribution in [-0.2, 0) is 4.43 Å². The van der Waals surface area contributed by atoms with Crippen LogP contribution in [0.3, 0.4) is 0 Å². The van der Waals surface area contributed by atoms with Crippen LogP contribution in [-0.4, -0.2) is 14.3 Å². The number of hydrogen-bond donors (Lipinski definition) is 0. The highest BCUT2D eigenvalue weighted by molar-refractivity contribution is 6.75. The van der Waals surface area contributed by atoms with Gasteiger partial charge in [0.2, 0.25) is 0 Å². The quantitative estimate of drug-likeness (QED) is 0.724. The third-order valence-corrected chi connectivity index (χ3v) is 7.81. The number of carbonyl (C=O) groups excluding carboxylic acids is 1. The Labute approximate surface area is 116 Å². The van der Waals surface area contributed by atoms with Gasteiger partial charge in [0.15, 0.2) is 0 Å². The minimum Gasteiger partial charge on any atom is -0.516 e. The SMILES string of the molecule is CC#[N+]c1ccc(C(=O)O[Si](C)(C)C(C)(C)C)cc1. The van der Waals surface area contributed by atoms with Crippen LogP contribution >= 0.6 is 0 Å². The monoisotopic (exact) mass is 276 g/mol. The van der Waals surface area contributed by atoms with Crippen molar-refractivity contribution in [1.82, 2.24) is 0 Å². The zero-order valence-electron chi connectivity index (χ0n) is 12.6. The molecule has 0 N–H and O–H groups in total. The molecular formula is C15H22NO2Si+. The molecule has 0 bridgehead atoms. The van der Waals surface area contributed by atoms with Gasteiger partial charge in [-0.15, -0.1) is 0 Å². The highest BCUT2D eigenvalue weighted by Crippen LogP contribution is 2.37. The Bertz CT molecular complexity index is 516. The van der Waals surface area contributed by atoms with Crippen LogP contribution in [0, 0.1) is 6.07 Å². The molecule has 0 radical (unpaired) electrons. The molecule has 0 spiro atoms. The Morgan fingerprint density at radius 2 is 1.74 bits per heavy atom. The van der Waals surface area contributed by atoms with E-state index in [9.17, 15) is 4.79 Å². The van der Waals surface area contributed by atoms with Crippen LogP contribution in [0.15, 0.2) is 24.3 Å². The Morgan fingerprint density at radius 3 is 2.16 bits per heavy atom. The van der Waals surface area contributed by atoms with Crippen molar-refractivity contribution in [2.45, 2.75) is 45.8 Å². The summed E-state index contributed by atoms with van der Waals surface area (Å²) >= 11 is 0. The normalized spacial score (nSPS) is 11.5. The predicted octanol–water partition coefficient (Wildman–Crippen LogP) is 4.83. The standard InChI is InChI=1S/C15H22NO2Si/c1-7-16-13-10-8-12(9-11-13)14(17)18-19(5,6)15(2,3)4/h8-11H,1-6H3/q+1. The molecule has 0 aromatic heterocycles.